The van der Waals surface area contributed by atoms with Gasteiger partial charge in [0.2, 0.25) is 0 Å². The maximum Gasteiger partial charge on any atom is 0.315 e. The minimum absolute atomic E-state index is 0.190. The Labute approximate surface area is 107 Å². The number of hydrogen-bond acceptors (Lipinski definition) is 3. The molecule has 0 aromatic heterocycles. The second kappa shape index (κ2) is 6.24. The van der Waals surface area contributed by atoms with Gasteiger partial charge in [0.25, 0.3) is 0 Å². The number of rotatable bonds is 6. The molecular weight excluding hydrogens is 228 g/mol. The molecule has 1 aromatic carbocycles. The quantitative estimate of drug-likeness (QED) is 0.569. The molecule has 0 bridgehead atoms. The van der Waals surface area contributed by atoms with Gasteiger partial charge in [-0.15, -0.1) is 0 Å². The molecule has 0 amide bonds. The zero-order valence-electron chi connectivity index (χ0n) is 10.6. The third kappa shape index (κ3) is 3.36. The molecule has 1 heterocycles. The number of unbranched alkanes of at least 4 members (excludes halogenated alkanes) is 2. The van der Waals surface area contributed by atoms with Crippen LogP contribution in [0.5, 0.6) is 5.75 Å². The Bertz CT molecular complexity index is 432. The molecule has 0 spiro atoms. The van der Waals surface area contributed by atoms with E-state index in [4.69, 9.17) is 9.47 Å². The Morgan fingerprint density at radius 1 is 1.22 bits per heavy atom. The molecule has 18 heavy (non-hydrogen) atoms. The van der Waals surface area contributed by atoms with Crippen LogP contribution in [0, 0.1) is 0 Å². The molecule has 0 aliphatic carbocycles. The highest BCUT2D eigenvalue weighted by Crippen LogP contribution is 2.24. The molecule has 0 unspecified atom stereocenters. The molecule has 0 atom stereocenters. The summed E-state index contributed by atoms with van der Waals surface area (Å²) in [5.74, 6) is 1.32. The molecule has 1 aliphatic rings. The van der Waals surface area contributed by atoms with E-state index in [0.29, 0.717) is 12.2 Å². The lowest BCUT2D eigenvalue weighted by atomic mass is 10.2. The number of carbonyl (C=O) groups excluding carboxylic acids is 1. The molecule has 3 nitrogen and oxygen atoms in total. The Hall–Kier alpha value is -1.77. The first-order valence-corrected chi connectivity index (χ1v) is 6.43. The summed E-state index contributed by atoms with van der Waals surface area (Å²) in [5, 5.41) is 0. The molecule has 0 fully saturated rings. The molecule has 2 rings (SSSR count). The van der Waals surface area contributed by atoms with Crippen LogP contribution in [-0.2, 0) is 9.53 Å². The van der Waals surface area contributed by atoms with E-state index < -0.39 is 0 Å². The number of cyclic esters (lactones) is 1. The van der Waals surface area contributed by atoms with E-state index in [1.165, 1.54) is 12.8 Å². The maximum atomic E-state index is 11.0. The number of benzene rings is 1. The molecule has 0 saturated carbocycles. The number of hydrogen-bond donors (Lipinski definition) is 0. The van der Waals surface area contributed by atoms with E-state index in [1.807, 2.05) is 24.3 Å². The van der Waals surface area contributed by atoms with Crippen LogP contribution in [-0.4, -0.2) is 12.6 Å². The third-order valence-electron chi connectivity index (χ3n) is 2.83. The molecule has 0 saturated heterocycles. The normalized spacial score (nSPS) is 14.3. The van der Waals surface area contributed by atoms with E-state index in [0.717, 1.165) is 24.3 Å². The standard InChI is InChI=1S/C15H18O3/c1-2-3-4-11-17-13-7-5-12(6-8-13)14-9-10-15(16)18-14/h5-9H,2-4,10-11H2,1H3. The zero-order valence-corrected chi connectivity index (χ0v) is 10.6. The van der Waals surface area contributed by atoms with E-state index in [1.54, 1.807) is 6.08 Å². The topological polar surface area (TPSA) is 35.5 Å². The zero-order chi connectivity index (χ0) is 12.8. The van der Waals surface area contributed by atoms with Gasteiger partial charge < -0.3 is 9.47 Å². The summed E-state index contributed by atoms with van der Waals surface area (Å²) in [4.78, 5) is 11.0. The number of ether oxygens (including phenoxy) is 2. The second-order valence-electron chi connectivity index (χ2n) is 4.33. The van der Waals surface area contributed by atoms with Crippen molar-refractivity contribution in [1.29, 1.82) is 0 Å². The monoisotopic (exact) mass is 246 g/mol. The fraction of sp³-hybridized carbons (Fsp3) is 0.400. The highest BCUT2D eigenvalue weighted by atomic mass is 16.5. The predicted molar refractivity (Wildman–Crippen MR) is 70.1 cm³/mol. The van der Waals surface area contributed by atoms with Gasteiger partial charge in [-0.1, -0.05) is 19.8 Å². The Balaban J connectivity index is 1.87. The Kier molecular flexibility index (Phi) is 4.40. The fourth-order valence-corrected chi connectivity index (χ4v) is 1.82. The average Bonchev–Trinajstić information content (AvgIpc) is 2.82. The van der Waals surface area contributed by atoms with Gasteiger partial charge in [0, 0.05) is 5.56 Å². The van der Waals surface area contributed by atoms with Crippen LogP contribution in [0.15, 0.2) is 30.3 Å². The van der Waals surface area contributed by atoms with Gasteiger partial charge >= 0.3 is 5.97 Å². The van der Waals surface area contributed by atoms with Crippen molar-refractivity contribution in [3.63, 3.8) is 0 Å². The van der Waals surface area contributed by atoms with Crippen molar-refractivity contribution in [3.05, 3.63) is 35.9 Å². The largest absolute Gasteiger partial charge is 0.494 e. The van der Waals surface area contributed by atoms with Gasteiger partial charge in [-0.2, -0.15) is 0 Å². The van der Waals surface area contributed by atoms with Gasteiger partial charge in [-0.05, 0) is 36.8 Å². The maximum absolute atomic E-state index is 11.0. The smallest absolute Gasteiger partial charge is 0.315 e. The number of carbonyl (C=O) groups is 1. The van der Waals surface area contributed by atoms with E-state index in [2.05, 4.69) is 6.92 Å². The van der Waals surface area contributed by atoms with Crippen LogP contribution in [0.1, 0.15) is 38.2 Å². The molecule has 0 N–H and O–H groups in total. The SMILES string of the molecule is CCCCCOc1ccc(C2=CCC(=O)O2)cc1. The molecule has 96 valence electrons. The van der Waals surface area contributed by atoms with E-state index >= 15 is 0 Å². The van der Waals surface area contributed by atoms with Crippen molar-refractivity contribution in [2.24, 2.45) is 0 Å². The van der Waals surface area contributed by atoms with Crippen molar-refractivity contribution in [2.75, 3.05) is 6.61 Å². The highest BCUT2D eigenvalue weighted by molar-refractivity contribution is 5.85. The van der Waals surface area contributed by atoms with Crippen LogP contribution < -0.4 is 4.74 Å². The summed E-state index contributed by atoms with van der Waals surface area (Å²) < 4.78 is 10.7. The van der Waals surface area contributed by atoms with Crippen LogP contribution in [0.4, 0.5) is 0 Å². The van der Waals surface area contributed by atoms with Gasteiger partial charge in [0.15, 0.2) is 0 Å². The third-order valence-corrected chi connectivity index (χ3v) is 2.83. The van der Waals surface area contributed by atoms with Gasteiger partial charge in [-0.25, -0.2) is 0 Å². The second-order valence-corrected chi connectivity index (χ2v) is 4.33. The fourth-order valence-electron chi connectivity index (χ4n) is 1.82. The van der Waals surface area contributed by atoms with Crippen molar-refractivity contribution in [2.45, 2.75) is 32.6 Å². The first kappa shape index (κ1) is 12.7. The summed E-state index contributed by atoms with van der Waals surface area (Å²) >= 11 is 0. The molecular formula is C15H18O3. The van der Waals surface area contributed by atoms with Crippen molar-refractivity contribution >= 4 is 11.7 Å². The number of esters is 1. The summed E-state index contributed by atoms with van der Waals surface area (Å²) in [5.41, 5.74) is 0.918. The van der Waals surface area contributed by atoms with Crippen molar-refractivity contribution in [1.82, 2.24) is 0 Å². The Morgan fingerprint density at radius 3 is 2.61 bits per heavy atom. The van der Waals surface area contributed by atoms with Crippen LogP contribution in [0.25, 0.3) is 5.76 Å². The van der Waals surface area contributed by atoms with Gasteiger partial charge in [0.05, 0.1) is 13.0 Å². The molecule has 1 aliphatic heterocycles. The van der Waals surface area contributed by atoms with Gasteiger partial charge in [-0.3, -0.25) is 4.79 Å². The van der Waals surface area contributed by atoms with E-state index in [-0.39, 0.29) is 5.97 Å². The van der Waals surface area contributed by atoms with Crippen LogP contribution >= 0.6 is 0 Å². The molecule has 0 radical (unpaired) electrons. The summed E-state index contributed by atoms with van der Waals surface area (Å²) in [6, 6.07) is 7.65. The van der Waals surface area contributed by atoms with Gasteiger partial charge in [0.1, 0.15) is 11.5 Å². The van der Waals surface area contributed by atoms with Crippen LogP contribution in [0.3, 0.4) is 0 Å². The Morgan fingerprint density at radius 2 is 2.00 bits per heavy atom. The van der Waals surface area contributed by atoms with Crippen molar-refractivity contribution < 1.29 is 14.3 Å². The lowest BCUT2D eigenvalue weighted by Gasteiger charge is -2.07. The summed E-state index contributed by atoms with van der Waals surface area (Å²) in [7, 11) is 0. The van der Waals surface area contributed by atoms with Crippen LogP contribution in [0.2, 0.25) is 0 Å². The summed E-state index contributed by atoms with van der Waals surface area (Å²) in [6.45, 7) is 2.93. The first-order chi connectivity index (χ1) is 8.79. The highest BCUT2D eigenvalue weighted by Gasteiger charge is 2.15. The summed E-state index contributed by atoms with van der Waals surface area (Å²) in [6.07, 6.45) is 5.65. The molecule has 1 aromatic rings. The predicted octanol–water partition coefficient (Wildman–Crippen LogP) is 3.54. The van der Waals surface area contributed by atoms with E-state index in [9.17, 15) is 4.79 Å². The lowest BCUT2D eigenvalue weighted by molar-refractivity contribution is -0.134. The molecule has 3 heteroatoms. The lowest BCUT2D eigenvalue weighted by Crippen LogP contribution is -1.97. The minimum Gasteiger partial charge on any atom is -0.494 e. The first-order valence-electron chi connectivity index (χ1n) is 6.43. The minimum atomic E-state index is -0.190. The van der Waals surface area contributed by atoms with Crippen molar-refractivity contribution in [3.8, 4) is 5.75 Å². The average molecular weight is 246 g/mol.